The van der Waals surface area contributed by atoms with Crippen molar-refractivity contribution in [1.82, 2.24) is 0 Å². The molecular weight excluding hydrogens is 164 g/mol. The third-order valence-electron chi connectivity index (χ3n) is 2.44. The molecule has 0 aromatic heterocycles. The molecule has 2 heteroatoms. The van der Waals surface area contributed by atoms with Crippen molar-refractivity contribution in [2.45, 2.75) is 64.4 Å². The Hall–Kier alpha value is -0.0800. The van der Waals surface area contributed by atoms with Crippen molar-refractivity contribution in [1.29, 1.82) is 0 Å². The Kier molecular flexibility index (Phi) is 7.29. The van der Waals surface area contributed by atoms with E-state index in [2.05, 4.69) is 6.92 Å². The lowest BCUT2D eigenvalue weighted by atomic mass is 9.93. The molecule has 2 nitrogen and oxygen atoms in total. The molecule has 0 aromatic rings. The number of hydrogen-bond donors (Lipinski definition) is 2. The van der Waals surface area contributed by atoms with Crippen LogP contribution in [0.3, 0.4) is 0 Å². The smallest absolute Gasteiger partial charge is 0.0619 e. The summed E-state index contributed by atoms with van der Waals surface area (Å²) in [5, 5.41) is 18.5. The molecule has 0 spiro atoms. The number of aliphatic hydroxyl groups excluding tert-OH is 1. The summed E-state index contributed by atoms with van der Waals surface area (Å²) in [7, 11) is 0. The fourth-order valence-corrected chi connectivity index (χ4v) is 1.50. The van der Waals surface area contributed by atoms with E-state index in [9.17, 15) is 5.11 Å². The summed E-state index contributed by atoms with van der Waals surface area (Å²) in [6.07, 6.45) is 6.97. The van der Waals surface area contributed by atoms with Crippen LogP contribution in [0.5, 0.6) is 0 Å². The first-order valence-electron chi connectivity index (χ1n) is 5.45. The highest BCUT2D eigenvalue weighted by Crippen LogP contribution is 2.20. The molecular formula is C11H24O2. The fourth-order valence-electron chi connectivity index (χ4n) is 1.50. The maximum atomic E-state index is 9.89. The Morgan fingerprint density at radius 2 is 1.54 bits per heavy atom. The predicted molar refractivity (Wildman–Crippen MR) is 55.7 cm³/mol. The summed E-state index contributed by atoms with van der Waals surface area (Å²) >= 11 is 0. The summed E-state index contributed by atoms with van der Waals surface area (Å²) in [6.45, 7) is 4.31. The van der Waals surface area contributed by atoms with Gasteiger partial charge in [-0.1, -0.05) is 26.2 Å². The number of aliphatic hydroxyl groups is 2. The van der Waals surface area contributed by atoms with E-state index in [0.29, 0.717) is 0 Å². The van der Waals surface area contributed by atoms with E-state index in [0.717, 1.165) is 32.1 Å². The van der Waals surface area contributed by atoms with Gasteiger partial charge >= 0.3 is 0 Å². The van der Waals surface area contributed by atoms with Crippen LogP contribution in [0.4, 0.5) is 0 Å². The van der Waals surface area contributed by atoms with Crippen molar-refractivity contribution < 1.29 is 10.2 Å². The SMILES string of the molecule is CCCCC[C@@](C)(O)CCCCO. The first-order chi connectivity index (χ1) is 6.12. The molecule has 0 fully saturated rings. The van der Waals surface area contributed by atoms with Crippen LogP contribution in [0, 0.1) is 0 Å². The molecule has 0 aliphatic heterocycles. The first kappa shape index (κ1) is 12.9. The highest BCUT2D eigenvalue weighted by atomic mass is 16.3. The van der Waals surface area contributed by atoms with Gasteiger partial charge in [-0.25, -0.2) is 0 Å². The van der Waals surface area contributed by atoms with E-state index in [4.69, 9.17) is 5.11 Å². The molecule has 0 bridgehead atoms. The van der Waals surface area contributed by atoms with Crippen LogP contribution in [0.25, 0.3) is 0 Å². The molecule has 1 atom stereocenters. The highest BCUT2D eigenvalue weighted by Gasteiger charge is 2.18. The lowest BCUT2D eigenvalue weighted by Crippen LogP contribution is -2.23. The molecule has 0 amide bonds. The van der Waals surface area contributed by atoms with Crippen LogP contribution in [-0.4, -0.2) is 22.4 Å². The van der Waals surface area contributed by atoms with Crippen molar-refractivity contribution in [3.63, 3.8) is 0 Å². The quantitative estimate of drug-likeness (QED) is 0.574. The Morgan fingerprint density at radius 1 is 1.00 bits per heavy atom. The van der Waals surface area contributed by atoms with Crippen LogP contribution in [0.2, 0.25) is 0 Å². The zero-order chi connectivity index (χ0) is 10.2. The van der Waals surface area contributed by atoms with Gasteiger partial charge in [0.2, 0.25) is 0 Å². The van der Waals surface area contributed by atoms with E-state index in [-0.39, 0.29) is 6.61 Å². The summed E-state index contributed by atoms with van der Waals surface area (Å²) < 4.78 is 0. The maximum absolute atomic E-state index is 9.89. The zero-order valence-corrected chi connectivity index (χ0v) is 9.05. The monoisotopic (exact) mass is 188 g/mol. The molecule has 0 heterocycles. The van der Waals surface area contributed by atoms with Gasteiger partial charge in [0.15, 0.2) is 0 Å². The minimum absolute atomic E-state index is 0.241. The van der Waals surface area contributed by atoms with Crippen molar-refractivity contribution in [2.24, 2.45) is 0 Å². The number of unbranched alkanes of at least 4 members (excludes halogenated alkanes) is 3. The van der Waals surface area contributed by atoms with E-state index in [1.165, 1.54) is 12.8 Å². The second-order valence-corrected chi connectivity index (χ2v) is 4.13. The molecule has 0 aromatic carbocycles. The lowest BCUT2D eigenvalue weighted by molar-refractivity contribution is 0.0358. The number of rotatable bonds is 8. The van der Waals surface area contributed by atoms with E-state index in [1.807, 2.05) is 6.92 Å². The molecule has 0 saturated heterocycles. The molecule has 0 aliphatic carbocycles. The molecule has 0 rings (SSSR count). The highest BCUT2D eigenvalue weighted by molar-refractivity contribution is 4.71. The standard InChI is InChI=1S/C11H24O2/c1-3-4-5-8-11(2,13)9-6-7-10-12/h12-13H,3-10H2,1-2H3/t11-/m1/s1. The minimum Gasteiger partial charge on any atom is -0.396 e. The molecule has 80 valence electrons. The van der Waals surface area contributed by atoms with Crippen molar-refractivity contribution in [3.8, 4) is 0 Å². The van der Waals surface area contributed by atoms with Crippen LogP contribution in [0.1, 0.15) is 58.8 Å². The fraction of sp³-hybridized carbons (Fsp3) is 1.00. The summed E-state index contributed by atoms with van der Waals surface area (Å²) in [5.74, 6) is 0. The molecule has 0 aliphatic rings. The Labute approximate surface area is 82.0 Å². The van der Waals surface area contributed by atoms with Gasteiger partial charge in [-0.2, -0.15) is 0 Å². The van der Waals surface area contributed by atoms with Gasteiger partial charge in [-0.15, -0.1) is 0 Å². The van der Waals surface area contributed by atoms with E-state index in [1.54, 1.807) is 0 Å². The van der Waals surface area contributed by atoms with Crippen molar-refractivity contribution in [2.75, 3.05) is 6.61 Å². The van der Waals surface area contributed by atoms with Gasteiger partial charge in [0.25, 0.3) is 0 Å². The third kappa shape index (κ3) is 8.26. The summed E-state index contributed by atoms with van der Waals surface area (Å²) in [5.41, 5.74) is -0.510. The number of hydrogen-bond acceptors (Lipinski definition) is 2. The Morgan fingerprint density at radius 3 is 2.00 bits per heavy atom. The van der Waals surface area contributed by atoms with Crippen LogP contribution >= 0.6 is 0 Å². The van der Waals surface area contributed by atoms with Crippen LogP contribution < -0.4 is 0 Å². The van der Waals surface area contributed by atoms with Gasteiger partial charge < -0.3 is 10.2 Å². The second-order valence-electron chi connectivity index (χ2n) is 4.13. The normalized spacial score (nSPS) is 15.7. The average Bonchev–Trinajstić information content (AvgIpc) is 2.05. The molecule has 0 saturated carbocycles. The largest absolute Gasteiger partial charge is 0.396 e. The zero-order valence-electron chi connectivity index (χ0n) is 9.05. The first-order valence-corrected chi connectivity index (χ1v) is 5.45. The molecule has 13 heavy (non-hydrogen) atoms. The van der Waals surface area contributed by atoms with Gasteiger partial charge in [-0.3, -0.25) is 0 Å². The van der Waals surface area contributed by atoms with Gasteiger partial charge in [0.1, 0.15) is 0 Å². The minimum atomic E-state index is -0.510. The van der Waals surface area contributed by atoms with Crippen LogP contribution in [0.15, 0.2) is 0 Å². The van der Waals surface area contributed by atoms with Gasteiger partial charge in [0, 0.05) is 6.61 Å². The van der Waals surface area contributed by atoms with Crippen molar-refractivity contribution in [3.05, 3.63) is 0 Å². The summed E-state index contributed by atoms with van der Waals surface area (Å²) in [6, 6.07) is 0. The molecule has 2 N–H and O–H groups in total. The van der Waals surface area contributed by atoms with Gasteiger partial charge in [-0.05, 0) is 32.6 Å². The average molecular weight is 188 g/mol. The predicted octanol–water partition coefficient (Wildman–Crippen LogP) is 2.48. The second kappa shape index (κ2) is 7.34. The summed E-state index contributed by atoms with van der Waals surface area (Å²) in [4.78, 5) is 0. The Balaban J connectivity index is 3.42. The van der Waals surface area contributed by atoms with E-state index >= 15 is 0 Å². The third-order valence-corrected chi connectivity index (χ3v) is 2.44. The molecule has 0 unspecified atom stereocenters. The Bertz CT molecular complexity index is 98.7. The van der Waals surface area contributed by atoms with Gasteiger partial charge in [0.05, 0.1) is 5.60 Å². The lowest BCUT2D eigenvalue weighted by Gasteiger charge is -2.22. The maximum Gasteiger partial charge on any atom is 0.0619 e. The molecule has 0 radical (unpaired) electrons. The topological polar surface area (TPSA) is 40.5 Å². The van der Waals surface area contributed by atoms with Crippen LogP contribution in [-0.2, 0) is 0 Å². The van der Waals surface area contributed by atoms with Crippen molar-refractivity contribution >= 4 is 0 Å². The van der Waals surface area contributed by atoms with E-state index < -0.39 is 5.60 Å².